The highest BCUT2D eigenvalue weighted by Gasteiger charge is 2.13. The number of morpholine rings is 1. The Morgan fingerprint density at radius 1 is 1.07 bits per heavy atom. The molecule has 0 spiro atoms. The number of amidine groups is 1. The third-order valence-electron chi connectivity index (χ3n) is 4.76. The summed E-state index contributed by atoms with van der Waals surface area (Å²) in [5, 5.41) is 7.19. The number of nitrogens with zero attached hydrogens (tertiary/aromatic N) is 3. The van der Waals surface area contributed by atoms with Crippen LogP contribution in [0.2, 0.25) is 0 Å². The molecule has 1 aromatic heterocycles. The largest absolute Gasteiger partial charge is 0.387 e. The number of benzene rings is 1. The van der Waals surface area contributed by atoms with E-state index >= 15 is 0 Å². The molecule has 0 bridgehead atoms. The van der Waals surface area contributed by atoms with E-state index in [2.05, 4.69) is 27.0 Å². The first-order valence-corrected chi connectivity index (χ1v) is 9.66. The molecule has 0 amide bonds. The van der Waals surface area contributed by atoms with Crippen LogP contribution >= 0.6 is 0 Å². The normalized spacial score (nSPS) is 14.1. The third-order valence-corrected chi connectivity index (χ3v) is 4.76. The molecule has 1 saturated heterocycles. The number of ketones is 1. The van der Waals surface area contributed by atoms with Gasteiger partial charge in [-0.1, -0.05) is 24.3 Å². The Bertz CT molecular complexity index is 801. The van der Waals surface area contributed by atoms with Gasteiger partial charge in [0.25, 0.3) is 0 Å². The average Bonchev–Trinajstić information content (AvgIpc) is 2.72. The molecular weight excluding hydrogens is 354 g/mol. The van der Waals surface area contributed by atoms with E-state index in [9.17, 15) is 4.79 Å². The quantitative estimate of drug-likeness (QED) is 0.508. The smallest absolute Gasteiger partial charge is 0.225 e. The summed E-state index contributed by atoms with van der Waals surface area (Å²) < 4.78 is 5.36. The van der Waals surface area contributed by atoms with Crippen molar-refractivity contribution in [2.75, 3.05) is 31.2 Å². The van der Waals surface area contributed by atoms with Gasteiger partial charge in [0, 0.05) is 31.9 Å². The molecule has 3 rings (SSSR count). The Labute approximate surface area is 165 Å². The predicted octanol–water partition coefficient (Wildman–Crippen LogP) is 1.93. The number of rotatable bonds is 9. The van der Waals surface area contributed by atoms with E-state index in [1.165, 1.54) is 5.56 Å². The van der Waals surface area contributed by atoms with Gasteiger partial charge in [-0.05, 0) is 36.0 Å². The number of hydrogen-bond acceptors (Lipinski definition) is 6. The van der Waals surface area contributed by atoms with Crippen LogP contribution in [0, 0.1) is 5.41 Å². The Hall–Kier alpha value is -2.80. The van der Waals surface area contributed by atoms with Gasteiger partial charge in [-0.25, -0.2) is 9.97 Å². The van der Waals surface area contributed by atoms with Crippen LogP contribution in [0.15, 0.2) is 36.7 Å². The zero-order valence-electron chi connectivity index (χ0n) is 16.1. The molecule has 1 aliphatic heterocycles. The maximum absolute atomic E-state index is 11.7. The van der Waals surface area contributed by atoms with E-state index in [0.717, 1.165) is 56.2 Å². The third kappa shape index (κ3) is 6.13. The summed E-state index contributed by atoms with van der Waals surface area (Å²) in [4.78, 5) is 22.9. The zero-order valence-corrected chi connectivity index (χ0v) is 16.1. The molecule has 1 fully saturated rings. The maximum Gasteiger partial charge on any atom is 0.225 e. The molecule has 7 nitrogen and oxygen atoms in total. The van der Waals surface area contributed by atoms with Gasteiger partial charge in [0.1, 0.15) is 5.78 Å². The van der Waals surface area contributed by atoms with Crippen molar-refractivity contribution in [1.82, 2.24) is 9.97 Å². The van der Waals surface area contributed by atoms with E-state index < -0.39 is 0 Å². The van der Waals surface area contributed by atoms with Gasteiger partial charge >= 0.3 is 0 Å². The Morgan fingerprint density at radius 3 is 2.39 bits per heavy atom. The van der Waals surface area contributed by atoms with Crippen molar-refractivity contribution in [3.05, 3.63) is 53.3 Å². The molecule has 1 aliphatic rings. The van der Waals surface area contributed by atoms with Crippen molar-refractivity contribution in [2.45, 2.75) is 32.1 Å². The van der Waals surface area contributed by atoms with Crippen molar-refractivity contribution < 1.29 is 9.53 Å². The molecule has 1 aromatic carbocycles. The fourth-order valence-electron chi connectivity index (χ4n) is 3.22. The highest BCUT2D eigenvalue weighted by atomic mass is 16.5. The van der Waals surface area contributed by atoms with Crippen molar-refractivity contribution in [1.29, 1.82) is 5.41 Å². The SMILES string of the molecule is N=C(N)CC(=O)CCc1cccc(CCc2cnc(N3CCOCC3)nc2)c1. The standard InChI is InChI=1S/C21H27N5O2/c22-20(23)13-19(27)7-6-17-3-1-2-16(12-17)4-5-18-14-24-21(25-15-18)26-8-10-28-11-9-26/h1-3,12,14-15H,4-11,13H2,(H3,22,23). The Balaban J connectivity index is 1.50. The van der Waals surface area contributed by atoms with Gasteiger partial charge in [0.15, 0.2) is 0 Å². The van der Waals surface area contributed by atoms with Crippen LogP contribution in [0.5, 0.6) is 0 Å². The summed E-state index contributed by atoms with van der Waals surface area (Å²) in [7, 11) is 0. The van der Waals surface area contributed by atoms with E-state index in [4.69, 9.17) is 15.9 Å². The number of nitrogens with two attached hydrogens (primary N) is 1. The number of nitrogens with one attached hydrogen (secondary N) is 1. The highest BCUT2D eigenvalue weighted by Crippen LogP contribution is 2.13. The van der Waals surface area contributed by atoms with Crippen molar-refractivity contribution >= 4 is 17.6 Å². The molecule has 2 heterocycles. The van der Waals surface area contributed by atoms with E-state index in [1.54, 1.807) is 0 Å². The number of hydrogen-bond donors (Lipinski definition) is 2. The van der Waals surface area contributed by atoms with Crippen LogP contribution in [0.1, 0.15) is 29.5 Å². The second-order valence-electron chi connectivity index (χ2n) is 7.05. The van der Waals surface area contributed by atoms with Gasteiger partial charge in [-0.15, -0.1) is 0 Å². The lowest BCUT2D eigenvalue weighted by molar-refractivity contribution is -0.117. The number of aromatic nitrogens is 2. The van der Waals surface area contributed by atoms with Gasteiger partial charge in [-0.3, -0.25) is 10.2 Å². The van der Waals surface area contributed by atoms with Gasteiger partial charge in [0.2, 0.25) is 5.95 Å². The summed E-state index contributed by atoms with van der Waals surface area (Å²) >= 11 is 0. The molecule has 3 N–H and O–H groups in total. The van der Waals surface area contributed by atoms with Crippen LogP contribution in [0.4, 0.5) is 5.95 Å². The second-order valence-corrected chi connectivity index (χ2v) is 7.05. The van der Waals surface area contributed by atoms with E-state index in [1.807, 2.05) is 24.5 Å². The lowest BCUT2D eigenvalue weighted by Gasteiger charge is -2.26. The molecule has 2 aromatic rings. The van der Waals surface area contributed by atoms with E-state index in [0.29, 0.717) is 12.8 Å². The predicted molar refractivity (Wildman–Crippen MR) is 109 cm³/mol. The highest BCUT2D eigenvalue weighted by molar-refractivity contribution is 5.98. The molecule has 0 unspecified atom stereocenters. The first-order valence-electron chi connectivity index (χ1n) is 9.66. The van der Waals surface area contributed by atoms with Crippen molar-refractivity contribution in [2.24, 2.45) is 5.73 Å². The average molecular weight is 381 g/mol. The summed E-state index contributed by atoms with van der Waals surface area (Å²) in [5.41, 5.74) is 8.75. The Kier molecular flexibility index (Phi) is 7.08. The van der Waals surface area contributed by atoms with Crippen LogP contribution in [0.25, 0.3) is 0 Å². The molecule has 7 heteroatoms. The number of carbonyl (C=O) groups excluding carboxylic acids is 1. The van der Waals surface area contributed by atoms with Gasteiger partial charge < -0.3 is 15.4 Å². The lowest BCUT2D eigenvalue weighted by atomic mass is 10.0. The minimum atomic E-state index is -0.0689. The van der Waals surface area contributed by atoms with Gasteiger partial charge in [0.05, 0.1) is 25.5 Å². The first kappa shape index (κ1) is 19.9. The van der Waals surface area contributed by atoms with Crippen LogP contribution in [-0.2, 0) is 28.8 Å². The van der Waals surface area contributed by atoms with Crippen LogP contribution in [-0.4, -0.2) is 47.9 Å². The fourth-order valence-corrected chi connectivity index (χ4v) is 3.22. The fraction of sp³-hybridized carbons (Fsp3) is 0.429. The van der Waals surface area contributed by atoms with Gasteiger partial charge in [-0.2, -0.15) is 0 Å². The number of carbonyl (C=O) groups is 1. The molecular formula is C21H27N5O2. The molecule has 148 valence electrons. The second kappa shape index (κ2) is 9.94. The summed E-state index contributed by atoms with van der Waals surface area (Å²) in [6.45, 7) is 3.12. The lowest BCUT2D eigenvalue weighted by Crippen LogP contribution is -2.37. The molecule has 28 heavy (non-hydrogen) atoms. The van der Waals surface area contributed by atoms with E-state index in [-0.39, 0.29) is 18.0 Å². The Morgan fingerprint density at radius 2 is 1.71 bits per heavy atom. The minimum absolute atomic E-state index is 0.00964. The van der Waals surface area contributed by atoms with Crippen molar-refractivity contribution in [3.63, 3.8) is 0 Å². The molecule has 0 aliphatic carbocycles. The molecule has 0 atom stereocenters. The monoisotopic (exact) mass is 381 g/mol. The molecule has 0 radical (unpaired) electrons. The zero-order chi connectivity index (χ0) is 19.8. The number of Topliss-reactive ketones (excluding diaryl/α,β-unsaturated/α-hetero) is 1. The van der Waals surface area contributed by atoms with Crippen LogP contribution in [0.3, 0.4) is 0 Å². The summed E-state index contributed by atoms with van der Waals surface area (Å²) in [5.74, 6) is 0.709. The van der Waals surface area contributed by atoms with Crippen molar-refractivity contribution in [3.8, 4) is 0 Å². The number of anilines is 1. The first-order chi connectivity index (χ1) is 13.6. The maximum atomic E-state index is 11.7. The molecule has 0 saturated carbocycles. The summed E-state index contributed by atoms with van der Waals surface area (Å²) in [6, 6.07) is 8.30. The van der Waals surface area contributed by atoms with Crippen LogP contribution < -0.4 is 10.6 Å². The minimum Gasteiger partial charge on any atom is -0.387 e. The summed E-state index contributed by atoms with van der Waals surface area (Å²) in [6.07, 6.45) is 6.72. The number of aryl methyl sites for hydroxylation is 3. The topological polar surface area (TPSA) is 105 Å². The number of ether oxygens (including phenoxy) is 1.